The van der Waals surface area contributed by atoms with Crippen molar-refractivity contribution in [3.63, 3.8) is 0 Å². The van der Waals surface area contributed by atoms with E-state index in [-0.39, 0.29) is 31.2 Å². The molecule has 2 aromatic heterocycles. The van der Waals surface area contributed by atoms with E-state index in [2.05, 4.69) is 20.4 Å². The summed E-state index contributed by atoms with van der Waals surface area (Å²) in [7, 11) is 3.39. The van der Waals surface area contributed by atoms with Crippen molar-refractivity contribution in [2.45, 2.75) is 40.2 Å². The molecule has 0 spiro atoms. The standard InChI is InChI=1S/C25H29N7O3.CH4/c1-15(2)31-10-11-32(25(31)34)21-12-20(18(13-26-21)22(33)16-8-9-16)28-19-7-5-6-17(23(19)35-4)24-27-14-30(3)29-24;/h5-7,12-16H,8-11H2,1-4H3,(H,26,28);1H4. The van der Waals surface area contributed by atoms with Crippen LogP contribution in [0.1, 0.15) is 44.5 Å². The summed E-state index contributed by atoms with van der Waals surface area (Å²) in [6.45, 7) is 5.17. The van der Waals surface area contributed by atoms with Gasteiger partial charge in [-0.2, -0.15) is 5.10 Å². The Balaban J connectivity index is 0.00000304. The first-order valence-corrected chi connectivity index (χ1v) is 11.8. The van der Waals surface area contributed by atoms with Crippen LogP contribution in [0.5, 0.6) is 5.75 Å². The predicted molar refractivity (Wildman–Crippen MR) is 139 cm³/mol. The topological polar surface area (TPSA) is 105 Å². The number of pyridine rings is 1. The van der Waals surface area contributed by atoms with Gasteiger partial charge in [0.05, 0.1) is 29.6 Å². The number of rotatable bonds is 8. The summed E-state index contributed by atoms with van der Waals surface area (Å²) < 4.78 is 7.37. The number of ketones is 1. The van der Waals surface area contributed by atoms with Crippen LogP contribution in [-0.4, -0.2) is 62.7 Å². The number of ether oxygens (including phenoxy) is 1. The number of hydrogen-bond acceptors (Lipinski definition) is 7. The lowest BCUT2D eigenvalue weighted by Crippen LogP contribution is -2.36. The zero-order valence-electron chi connectivity index (χ0n) is 20.4. The van der Waals surface area contributed by atoms with Crippen LogP contribution in [0.15, 0.2) is 36.8 Å². The van der Waals surface area contributed by atoms with Crippen LogP contribution >= 0.6 is 0 Å². The van der Waals surface area contributed by atoms with Crippen molar-refractivity contribution >= 4 is 29.0 Å². The third-order valence-corrected chi connectivity index (χ3v) is 6.37. The van der Waals surface area contributed by atoms with E-state index in [0.29, 0.717) is 47.4 Å². The van der Waals surface area contributed by atoms with Crippen molar-refractivity contribution < 1.29 is 14.3 Å². The smallest absolute Gasteiger partial charge is 0.326 e. The Morgan fingerprint density at radius 2 is 1.94 bits per heavy atom. The van der Waals surface area contributed by atoms with Crippen LogP contribution < -0.4 is 15.0 Å². The molecule has 36 heavy (non-hydrogen) atoms. The maximum absolute atomic E-state index is 13.1. The summed E-state index contributed by atoms with van der Waals surface area (Å²) in [5, 5.41) is 7.78. The summed E-state index contributed by atoms with van der Waals surface area (Å²) >= 11 is 0. The molecule has 2 amide bonds. The van der Waals surface area contributed by atoms with Crippen LogP contribution in [0, 0.1) is 5.92 Å². The summed E-state index contributed by atoms with van der Waals surface area (Å²) in [5.41, 5.74) is 2.49. The number of benzene rings is 1. The number of para-hydroxylation sites is 1. The molecule has 0 unspecified atom stereocenters. The highest BCUT2D eigenvalue weighted by atomic mass is 16.5. The monoisotopic (exact) mass is 491 g/mol. The lowest BCUT2D eigenvalue weighted by atomic mass is 10.1. The third-order valence-electron chi connectivity index (χ3n) is 6.37. The molecule has 10 heteroatoms. The molecule has 3 heterocycles. The number of amides is 2. The highest BCUT2D eigenvalue weighted by Gasteiger charge is 2.35. The van der Waals surface area contributed by atoms with E-state index in [9.17, 15) is 9.59 Å². The molecular weight excluding hydrogens is 458 g/mol. The second-order valence-electron chi connectivity index (χ2n) is 9.20. The van der Waals surface area contributed by atoms with Crippen molar-refractivity contribution in [1.82, 2.24) is 24.6 Å². The van der Waals surface area contributed by atoms with Gasteiger partial charge in [0.1, 0.15) is 12.1 Å². The number of aromatic nitrogens is 4. The number of carbonyl (C=O) groups is 2. The quantitative estimate of drug-likeness (QED) is 0.462. The fourth-order valence-corrected chi connectivity index (χ4v) is 4.34. The van der Waals surface area contributed by atoms with Crippen LogP contribution in [-0.2, 0) is 7.05 Å². The van der Waals surface area contributed by atoms with Gasteiger partial charge in [-0.15, -0.1) is 0 Å². The minimum Gasteiger partial charge on any atom is -0.494 e. The van der Waals surface area contributed by atoms with Gasteiger partial charge in [-0.05, 0) is 38.8 Å². The Hall–Kier alpha value is -3.95. The van der Waals surface area contributed by atoms with E-state index < -0.39 is 0 Å². The highest BCUT2D eigenvalue weighted by Crippen LogP contribution is 2.40. The Kier molecular flexibility index (Phi) is 6.96. The van der Waals surface area contributed by atoms with Crippen LogP contribution in [0.3, 0.4) is 0 Å². The van der Waals surface area contributed by atoms with Crippen LogP contribution in [0.4, 0.5) is 22.0 Å². The van der Waals surface area contributed by atoms with Crippen molar-refractivity contribution in [3.05, 3.63) is 42.4 Å². The average Bonchev–Trinajstić information content (AvgIpc) is 3.49. The van der Waals surface area contributed by atoms with Gasteiger partial charge in [0, 0.05) is 44.4 Å². The second-order valence-corrected chi connectivity index (χ2v) is 9.20. The molecule has 0 atom stereocenters. The summed E-state index contributed by atoms with van der Waals surface area (Å²) in [6.07, 6.45) is 4.99. The van der Waals surface area contributed by atoms with E-state index in [0.717, 1.165) is 18.4 Å². The molecule has 2 aliphatic rings. The van der Waals surface area contributed by atoms with Gasteiger partial charge < -0.3 is 15.0 Å². The fraction of sp³-hybridized carbons (Fsp3) is 0.423. The van der Waals surface area contributed by atoms with Gasteiger partial charge in [-0.25, -0.2) is 14.8 Å². The number of nitrogens with zero attached hydrogens (tertiary/aromatic N) is 6. The number of aryl methyl sites for hydroxylation is 1. The number of hydrogen-bond donors (Lipinski definition) is 1. The number of Topliss-reactive ketones (excluding diaryl/α,β-unsaturated/α-hetero) is 1. The van der Waals surface area contributed by atoms with Gasteiger partial charge in [0.25, 0.3) is 0 Å². The van der Waals surface area contributed by atoms with Crippen molar-refractivity contribution in [1.29, 1.82) is 0 Å². The van der Waals surface area contributed by atoms with Crippen molar-refractivity contribution in [3.8, 4) is 17.1 Å². The predicted octanol–water partition coefficient (Wildman–Crippen LogP) is 4.51. The molecule has 1 N–H and O–H groups in total. The van der Waals surface area contributed by atoms with Gasteiger partial charge in [-0.3, -0.25) is 14.4 Å². The number of carbonyl (C=O) groups excluding carboxylic acids is 2. The lowest BCUT2D eigenvalue weighted by molar-refractivity contribution is 0.0968. The molecular formula is C26H33N7O3. The zero-order valence-corrected chi connectivity index (χ0v) is 20.4. The number of nitrogens with one attached hydrogen (secondary N) is 1. The molecule has 1 saturated heterocycles. The van der Waals surface area contributed by atoms with Gasteiger partial charge in [0.15, 0.2) is 17.4 Å². The molecule has 1 aliphatic heterocycles. The van der Waals surface area contributed by atoms with Crippen molar-refractivity contribution in [2.75, 3.05) is 30.4 Å². The molecule has 5 rings (SSSR count). The summed E-state index contributed by atoms with van der Waals surface area (Å²) in [6, 6.07) is 7.44. The maximum atomic E-state index is 13.1. The largest absolute Gasteiger partial charge is 0.494 e. The fourth-order valence-electron chi connectivity index (χ4n) is 4.34. The lowest BCUT2D eigenvalue weighted by Gasteiger charge is -2.22. The first-order chi connectivity index (χ1) is 16.9. The minimum absolute atomic E-state index is 0. The van der Waals surface area contributed by atoms with Gasteiger partial charge >= 0.3 is 6.03 Å². The third kappa shape index (κ3) is 4.62. The molecule has 0 bridgehead atoms. The zero-order chi connectivity index (χ0) is 24.7. The van der Waals surface area contributed by atoms with Gasteiger partial charge in [-0.1, -0.05) is 13.5 Å². The number of anilines is 3. The first kappa shape index (κ1) is 25.2. The Morgan fingerprint density at radius 1 is 1.17 bits per heavy atom. The molecule has 1 saturated carbocycles. The number of urea groups is 1. The second kappa shape index (κ2) is 9.96. The van der Waals surface area contributed by atoms with Crippen LogP contribution in [0.2, 0.25) is 0 Å². The minimum atomic E-state index is -0.0828. The Labute approximate surface area is 211 Å². The maximum Gasteiger partial charge on any atom is 0.326 e. The summed E-state index contributed by atoms with van der Waals surface area (Å²) in [5.74, 6) is 1.69. The molecule has 3 aromatic rings. The molecule has 190 valence electrons. The molecule has 1 aliphatic carbocycles. The molecule has 2 fully saturated rings. The van der Waals surface area contributed by atoms with E-state index in [1.807, 2.05) is 36.9 Å². The molecule has 10 nitrogen and oxygen atoms in total. The Bertz CT molecular complexity index is 1280. The average molecular weight is 492 g/mol. The number of methoxy groups -OCH3 is 1. The van der Waals surface area contributed by atoms with E-state index in [1.54, 1.807) is 42.3 Å². The van der Waals surface area contributed by atoms with E-state index >= 15 is 0 Å². The first-order valence-electron chi connectivity index (χ1n) is 11.8. The highest BCUT2D eigenvalue weighted by molar-refractivity contribution is 6.05. The SMILES string of the molecule is C.COc1c(Nc2cc(N3CCN(C(C)C)C3=O)ncc2C(=O)C2CC2)cccc1-c1ncn(C)n1. The van der Waals surface area contributed by atoms with Gasteiger partial charge in [0.2, 0.25) is 0 Å². The van der Waals surface area contributed by atoms with Crippen molar-refractivity contribution in [2.24, 2.45) is 13.0 Å². The van der Waals surface area contributed by atoms with Crippen LogP contribution in [0.25, 0.3) is 11.4 Å². The molecule has 0 radical (unpaired) electrons. The van der Waals surface area contributed by atoms with E-state index in [1.165, 1.54) is 0 Å². The molecule has 1 aromatic carbocycles. The van der Waals surface area contributed by atoms with E-state index in [4.69, 9.17) is 4.74 Å². The normalized spacial score (nSPS) is 15.3. The Morgan fingerprint density at radius 3 is 2.56 bits per heavy atom. The summed E-state index contributed by atoms with van der Waals surface area (Å²) in [4.78, 5) is 38.4.